The number of rotatable bonds is 6. The number of benzene rings is 2. The van der Waals surface area contributed by atoms with Crippen molar-refractivity contribution in [1.82, 2.24) is 5.32 Å². The van der Waals surface area contributed by atoms with Gasteiger partial charge >= 0.3 is 0 Å². The number of carbonyl (C=O) groups is 1. The molecule has 0 aliphatic carbocycles. The second-order valence-corrected chi connectivity index (χ2v) is 6.37. The van der Waals surface area contributed by atoms with Crippen LogP contribution in [0.3, 0.4) is 0 Å². The van der Waals surface area contributed by atoms with Crippen molar-refractivity contribution in [3.63, 3.8) is 0 Å². The van der Waals surface area contributed by atoms with Crippen LogP contribution in [0.15, 0.2) is 42.5 Å². The number of terminal acetylenes is 1. The van der Waals surface area contributed by atoms with Gasteiger partial charge in [0.1, 0.15) is 12.4 Å². The largest absolute Gasteiger partial charge is 0.481 e. The summed E-state index contributed by atoms with van der Waals surface area (Å²) in [7, 11) is 0. The van der Waals surface area contributed by atoms with Crippen LogP contribution in [0, 0.1) is 15.9 Å². The normalized spacial score (nSPS) is 9.96. The molecule has 118 valence electrons. The molecule has 0 fully saturated rings. The summed E-state index contributed by atoms with van der Waals surface area (Å²) in [5.74, 6) is 3.07. The van der Waals surface area contributed by atoms with Gasteiger partial charge in [-0.1, -0.05) is 29.7 Å². The Morgan fingerprint density at radius 1 is 1.26 bits per heavy atom. The molecule has 0 aliphatic rings. The summed E-state index contributed by atoms with van der Waals surface area (Å²) in [4.78, 5) is 12.1. The van der Waals surface area contributed by atoms with Crippen LogP contribution >= 0.6 is 34.2 Å². The Morgan fingerprint density at radius 2 is 2.00 bits per heavy atom. The van der Waals surface area contributed by atoms with Gasteiger partial charge in [-0.2, -0.15) is 0 Å². The summed E-state index contributed by atoms with van der Waals surface area (Å²) in [5.41, 5.74) is 1.75. The Kier molecular flexibility index (Phi) is 6.75. The molecule has 5 heteroatoms. The number of hydrogen-bond donors (Lipinski definition) is 1. The molecule has 0 saturated heterocycles. The maximum atomic E-state index is 12.1. The van der Waals surface area contributed by atoms with Crippen molar-refractivity contribution < 1.29 is 9.53 Å². The van der Waals surface area contributed by atoms with Crippen LogP contribution in [0.25, 0.3) is 0 Å². The molecule has 3 nitrogen and oxygen atoms in total. The molecule has 0 atom stereocenters. The fourth-order valence-corrected chi connectivity index (χ4v) is 3.08. The van der Waals surface area contributed by atoms with Gasteiger partial charge in [-0.3, -0.25) is 4.79 Å². The SMILES string of the molecule is C#CCOc1ccc(CCNC(=O)c2ccc(Cl)cc2I)cc1. The highest BCUT2D eigenvalue weighted by Gasteiger charge is 2.09. The fourth-order valence-electron chi connectivity index (χ4n) is 1.97. The monoisotopic (exact) mass is 439 g/mol. The first kappa shape index (κ1) is 17.6. The van der Waals surface area contributed by atoms with Gasteiger partial charge in [0.05, 0.1) is 5.56 Å². The lowest BCUT2D eigenvalue weighted by molar-refractivity contribution is 0.0953. The summed E-state index contributed by atoms with van der Waals surface area (Å²) in [6, 6.07) is 12.9. The zero-order chi connectivity index (χ0) is 16.7. The summed E-state index contributed by atoms with van der Waals surface area (Å²) in [6.45, 7) is 0.817. The smallest absolute Gasteiger partial charge is 0.252 e. The van der Waals surface area contributed by atoms with E-state index >= 15 is 0 Å². The van der Waals surface area contributed by atoms with Crippen molar-refractivity contribution in [2.75, 3.05) is 13.2 Å². The molecule has 0 heterocycles. The maximum absolute atomic E-state index is 12.1. The highest BCUT2D eigenvalue weighted by Crippen LogP contribution is 2.18. The van der Waals surface area contributed by atoms with E-state index in [2.05, 4.69) is 33.8 Å². The van der Waals surface area contributed by atoms with E-state index in [0.717, 1.165) is 21.3 Å². The Hall–Kier alpha value is -1.71. The molecule has 1 N–H and O–H groups in total. The molecule has 1 amide bonds. The van der Waals surface area contributed by atoms with Gasteiger partial charge < -0.3 is 10.1 Å². The molecular formula is C18H15ClINO2. The third kappa shape index (κ3) is 5.45. The number of hydrogen-bond acceptors (Lipinski definition) is 2. The highest BCUT2D eigenvalue weighted by molar-refractivity contribution is 14.1. The van der Waals surface area contributed by atoms with Gasteiger partial charge in [-0.15, -0.1) is 6.42 Å². The number of ether oxygens (including phenoxy) is 1. The molecule has 2 aromatic rings. The van der Waals surface area contributed by atoms with Crippen LogP contribution < -0.4 is 10.1 Å². The van der Waals surface area contributed by atoms with E-state index in [1.165, 1.54) is 0 Å². The molecule has 2 rings (SSSR count). The Bertz CT molecular complexity index is 723. The number of nitrogens with one attached hydrogen (secondary N) is 1. The molecule has 2 aromatic carbocycles. The molecule has 0 spiro atoms. The number of amides is 1. The van der Waals surface area contributed by atoms with Gasteiger partial charge in [0, 0.05) is 15.1 Å². The summed E-state index contributed by atoms with van der Waals surface area (Å²) < 4.78 is 6.15. The van der Waals surface area contributed by atoms with Crippen molar-refractivity contribution >= 4 is 40.1 Å². The van der Waals surface area contributed by atoms with Gasteiger partial charge in [-0.25, -0.2) is 0 Å². The number of carbonyl (C=O) groups excluding carboxylic acids is 1. The zero-order valence-electron chi connectivity index (χ0n) is 12.3. The zero-order valence-corrected chi connectivity index (χ0v) is 15.2. The van der Waals surface area contributed by atoms with Crippen molar-refractivity contribution in [1.29, 1.82) is 0 Å². The van der Waals surface area contributed by atoms with Crippen LogP contribution in [-0.2, 0) is 6.42 Å². The van der Waals surface area contributed by atoms with E-state index in [-0.39, 0.29) is 12.5 Å². The molecule has 0 aliphatic heterocycles. The molecule has 0 unspecified atom stereocenters. The van der Waals surface area contributed by atoms with E-state index < -0.39 is 0 Å². The molecule has 0 radical (unpaired) electrons. The van der Waals surface area contributed by atoms with Crippen molar-refractivity contribution in [2.24, 2.45) is 0 Å². The van der Waals surface area contributed by atoms with Gasteiger partial charge in [0.2, 0.25) is 0 Å². The lowest BCUT2D eigenvalue weighted by Crippen LogP contribution is -2.26. The first-order chi connectivity index (χ1) is 11.1. The van der Waals surface area contributed by atoms with Crippen molar-refractivity contribution in [2.45, 2.75) is 6.42 Å². The minimum Gasteiger partial charge on any atom is -0.481 e. The van der Waals surface area contributed by atoms with Crippen LogP contribution in [-0.4, -0.2) is 19.1 Å². The first-order valence-corrected chi connectivity index (χ1v) is 8.44. The quantitative estimate of drug-likeness (QED) is 0.547. The predicted molar refractivity (Wildman–Crippen MR) is 101 cm³/mol. The first-order valence-electron chi connectivity index (χ1n) is 6.98. The van der Waals surface area contributed by atoms with Gasteiger partial charge in [0.15, 0.2) is 0 Å². The highest BCUT2D eigenvalue weighted by atomic mass is 127. The van der Waals surface area contributed by atoms with E-state index in [1.807, 2.05) is 24.3 Å². The third-order valence-electron chi connectivity index (χ3n) is 3.12. The average Bonchev–Trinajstić information content (AvgIpc) is 2.54. The topological polar surface area (TPSA) is 38.3 Å². The van der Waals surface area contributed by atoms with Crippen LogP contribution in [0.4, 0.5) is 0 Å². The third-order valence-corrected chi connectivity index (χ3v) is 4.25. The molecule has 0 saturated carbocycles. The minimum absolute atomic E-state index is 0.0972. The Morgan fingerprint density at radius 3 is 2.65 bits per heavy atom. The minimum atomic E-state index is -0.0972. The average molecular weight is 440 g/mol. The standard InChI is InChI=1S/C18H15ClINO2/c1-2-11-23-15-6-3-13(4-7-15)9-10-21-18(22)16-8-5-14(19)12-17(16)20/h1,3-8,12H,9-11H2,(H,21,22). The lowest BCUT2D eigenvalue weighted by Gasteiger charge is -2.08. The van der Waals surface area contributed by atoms with Crippen molar-refractivity contribution in [3.05, 3.63) is 62.2 Å². The van der Waals surface area contributed by atoms with E-state index in [4.69, 9.17) is 22.8 Å². The molecular weight excluding hydrogens is 425 g/mol. The van der Waals surface area contributed by atoms with Gasteiger partial charge in [-0.05, 0) is 64.9 Å². The fraction of sp³-hybridized carbons (Fsp3) is 0.167. The summed E-state index contributed by atoms with van der Waals surface area (Å²) >= 11 is 8.00. The second kappa shape index (κ2) is 8.80. The number of halogens is 2. The predicted octanol–water partition coefficient (Wildman–Crippen LogP) is 3.93. The Labute approximate surface area is 154 Å². The maximum Gasteiger partial charge on any atom is 0.252 e. The van der Waals surface area contributed by atoms with E-state index in [1.54, 1.807) is 18.2 Å². The van der Waals surface area contributed by atoms with Crippen LogP contribution in [0.2, 0.25) is 5.02 Å². The van der Waals surface area contributed by atoms with Crippen LogP contribution in [0.5, 0.6) is 5.75 Å². The summed E-state index contributed by atoms with van der Waals surface area (Å²) in [5, 5.41) is 3.54. The molecule has 0 bridgehead atoms. The van der Waals surface area contributed by atoms with E-state index in [9.17, 15) is 4.79 Å². The van der Waals surface area contributed by atoms with Crippen LogP contribution in [0.1, 0.15) is 15.9 Å². The van der Waals surface area contributed by atoms with Crippen molar-refractivity contribution in [3.8, 4) is 18.1 Å². The lowest BCUT2D eigenvalue weighted by atomic mass is 10.1. The van der Waals surface area contributed by atoms with Gasteiger partial charge in [0.25, 0.3) is 5.91 Å². The molecule has 0 aromatic heterocycles. The Balaban J connectivity index is 1.84. The second-order valence-electron chi connectivity index (χ2n) is 4.77. The molecule has 23 heavy (non-hydrogen) atoms. The summed E-state index contributed by atoms with van der Waals surface area (Å²) in [6.07, 6.45) is 5.89. The van der Waals surface area contributed by atoms with E-state index in [0.29, 0.717) is 17.1 Å².